The zero-order chi connectivity index (χ0) is 15.0. The number of rotatable bonds is 3. The lowest BCUT2D eigenvalue weighted by atomic mass is 9.86. The van der Waals surface area contributed by atoms with Crippen molar-refractivity contribution in [2.75, 3.05) is 18.0 Å². The molecule has 1 aromatic heterocycles. The molecule has 0 radical (unpaired) electrons. The number of nitro groups is 1. The van der Waals surface area contributed by atoms with E-state index in [0.717, 1.165) is 0 Å². The van der Waals surface area contributed by atoms with E-state index in [4.69, 9.17) is 0 Å². The average Bonchev–Trinajstić information content (AvgIpc) is 2.45. The largest absolute Gasteiger partial charge is 0.381 e. The highest BCUT2D eigenvalue weighted by atomic mass is 19.1. The second kappa shape index (κ2) is 4.78. The number of hydrogen-bond acceptors (Lipinski definition) is 5. The van der Waals surface area contributed by atoms with E-state index in [1.807, 2.05) is 0 Å². The minimum atomic E-state index is -1.04. The minimum Gasteiger partial charge on any atom is -0.381 e. The van der Waals surface area contributed by atoms with Gasteiger partial charge in [-0.3, -0.25) is 10.1 Å². The number of anilines is 1. The fourth-order valence-electron chi connectivity index (χ4n) is 2.36. The Morgan fingerprint density at radius 2 is 1.90 bits per heavy atom. The number of β-amino-alcohol motifs (C(OH)–C–C–N with tert-alkyl or cyclic N) is 1. The first-order valence-electron chi connectivity index (χ1n) is 6.32. The van der Waals surface area contributed by atoms with Crippen LogP contribution in [-0.4, -0.2) is 28.1 Å². The Labute approximate surface area is 119 Å². The van der Waals surface area contributed by atoms with E-state index in [2.05, 4.69) is 4.98 Å². The van der Waals surface area contributed by atoms with Gasteiger partial charge in [0, 0.05) is 6.07 Å². The number of benzene rings is 1. The van der Waals surface area contributed by atoms with Crippen LogP contribution in [0.25, 0.3) is 0 Å². The maximum Gasteiger partial charge on any atom is 0.287 e. The zero-order valence-corrected chi connectivity index (χ0v) is 10.9. The van der Waals surface area contributed by atoms with Crippen LogP contribution < -0.4 is 4.90 Å². The molecule has 1 aliphatic rings. The monoisotopic (exact) mass is 289 g/mol. The summed E-state index contributed by atoms with van der Waals surface area (Å²) >= 11 is 0. The van der Waals surface area contributed by atoms with E-state index in [1.54, 1.807) is 23.1 Å². The van der Waals surface area contributed by atoms with Crippen molar-refractivity contribution < 1.29 is 14.4 Å². The van der Waals surface area contributed by atoms with E-state index >= 15 is 0 Å². The second-order valence-corrected chi connectivity index (χ2v) is 5.03. The first-order chi connectivity index (χ1) is 9.98. The summed E-state index contributed by atoms with van der Waals surface area (Å²) in [7, 11) is 0. The van der Waals surface area contributed by atoms with Gasteiger partial charge < -0.3 is 10.0 Å². The maximum absolute atomic E-state index is 12.9. The normalized spacial score (nSPS) is 16.4. The van der Waals surface area contributed by atoms with Crippen LogP contribution in [0.1, 0.15) is 5.56 Å². The number of hydrogen-bond donors (Lipinski definition) is 1. The predicted molar refractivity (Wildman–Crippen MR) is 73.4 cm³/mol. The molecule has 6 nitrogen and oxygen atoms in total. The molecular weight excluding hydrogens is 277 g/mol. The van der Waals surface area contributed by atoms with Crippen LogP contribution in [0.5, 0.6) is 0 Å². The van der Waals surface area contributed by atoms with Crippen LogP contribution in [0.2, 0.25) is 0 Å². The number of aliphatic hydroxyl groups is 1. The molecule has 0 spiro atoms. The van der Waals surface area contributed by atoms with Gasteiger partial charge in [-0.15, -0.1) is 0 Å². The highest BCUT2D eigenvalue weighted by Gasteiger charge is 2.43. The van der Waals surface area contributed by atoms with E-state index in [0.29, 0.717) is 24.5 Å². The van der Waals surface area contributed by atoms with Crippen molar-refractivity contribution in [3.63, 3.8) is 0 Å². The van der Waals surface area contributed by atoms with Crippen molar-refractivity contribution in [1.29, 1.82) is 0 Å². The molecule has 2 aromatic rings. The molecule has 1 fully saturated rings. The SMILES string of the molecule is O=[N+]([O-])c1ccc(N2CC(O)(c3ccc(F)cc3)C2)nc1. The molecule has 1 aromatic carbocycles. The van der Waals surface area contributed by atoms with Crippen molar-refractivity contribution in [3.05, 3.63) is 64.1 Å². The molecular formula is C14H12FN3O3. The summed E-state index contributed by atoms with van der Waals surface area (Å²) in [6.07, 6.45) is 1.19. The van der Waals surface area contributed by atoms with Crippen LogP contribution in [0.3, 0.4) is 0 Å². The number of pyridine rings is 1. The van der Waals surface area contributed by atoms with E-state index in [-0.39, 0.29) is 11.5 Å². The van der Waals surface area contributed by atoms with Crippen LogP contribution in [0, 0.1) is 15.9 Å². The molecule has 21 heavy (non-hydrogen) atoms. The van der Waals surface area contributed by atoms with Crippen LogP contribution >= 0.6 is 0 Å². The highest BCUT2D eigenvalue weighted by molar-refractivity contribution is 5.48. The summed E-state index contributed by atoms with van der Waals surface area (Å²) in [4.78, 5) is 15.9. The van der Waals surface area contributed by atoms with Gasteiger partial charge in [-0.05, 0) is 23.8 Å². The molecule has 0 unspecified atom stereocenters. The summed E-state index contributed by atoms with van der Waals surface area (Å²) in [5.41, 5.74) is -0.480. The van der Waals surface area contributed by atoms with Gasteiger partial charge in [0.15, 0.2) is 0 Å². The molecule has 2 heterocycles. The molecule has 0 atom stereocenters. The zero-order valence-electron chi connectivity index (χ0n) is 10.9. The van der Waals surface area contributed by atoms with Crippen molar-refractivity contribution in [2.45, 2.75) is 5.60 Å². The first kappa shape index (κ1) is 13.4. The highest BCUT2D eigenvalue weighted by Crippen LogP contribution is 2.34. The molecule has 1 N–H and O–H groups in total. The maximum atomic E-state index is 12.9. The van der Waals surface area contributed by atoms with Gasteiger partial charge >= 0.3 is 0 Å². The quantitative estimate of drug-likeness (QED) is 0.689. The summed E-state index contributed by atoms with van der Waals surface area (Å²) in [5, 5.41) is 21.0. The van der Waals surface area contributed by atoms with Crippen molar-refractivity contribution in [2.24, 2.45) is 0 Å². The van der Waals surface area contributed by atoms with E-state index in [1.165, 1.54) is 24.4 Å². The van der Waals surface area contributed by atoms with E-state index < -0.39 is 10.5 Å². The predicted octanol–water partition coefficient (Wildman–Crippen LogP) is 1.84. The summed E-state index contributed by atoms with van der Waals surface area (Å²) < 4.78 is 12.9. The number of aromatic nitrogens is 1. The van der Waals surface area contributed by atoms with Gasteiger partial charge in [0.2, 0.25) is 0 Å². The molecule has 108 valence electrons. The summed E-state index contributed by atoms with van der Waals surface area (Å²) in [6.45, 7) is 0.618. The van der Waals surface area contributed by atoms with E-state index in [9.17, 15) is 19.6 Å². The Balaban J connectivity index is 1.72. The fraction of sp³-hybridized carbons (Fsp3) is 0.214. The Morgan fingerprint density at radius 1 is 1.24 bits per heavy atom. The van der Waals surface area contributed by atoms with Gasteiger partial charge in [0.05, 0.1) is 18.0 Å². The molecule has 3 rings (SSSR count). The topological polar surface area (TPSA) is 79.5 Å². The molecule has 1 aliphatic heterocycles. The standard InChI is InChI=1S/C14H12FN3O3/c15-11-3-1-10(2-4-11)14(19)8-17(9-14)13-6-5-12(7-16-13)18(20)21/h1-7,19H,8-9H2. The summed E-state index contributed by atoms with van der Waals surface area (Å²) in [5.74, 6) is 0.211. The van der Waals surface area contributed by atoms with Crippen molar-refractivity contribution in [1.82, 2.24) is 4.98 Å². The Kier molecular flexibility index (Phi) is 3.06. The third-order valence-electron chi connectivity index (χ3n) is 3.55. The van der Waals surface area contributed by atoms with Gasteiger partial charge in [0.1, 0.15) is 23.4 Å². The minimum absolute atomic E-state index is 0.0759. The van der Waals surface area contributed by atoms with Crippen molar-refractivity contribution in [3.8, 4) is 0 Å². The Hall–Kier alpha value is -2.54. The second-order valence-electron chi connectivity index (χ2n) is 5.03. The molecule has 0 saturated carbocycles. The van der Waals surface area contributed by atoms with Crippen molar-refractivity contribution >= 4 is 11.5 Å². The van der Waals surface area contributed by atoms with Gasteiger partial charge in [-0.25, -0.2) is 9.37 Å². The lowest BCUT2D eigenvalue weighted by Gasteiger charge is -2.47. The average molecular weight is 289 g/mol. The van der Waals surface area contributed by atoms with Crippen LogP contribution in [0.4, 0.5) is 15.9 Å². The first-order valence-corrected chi connectivity index (χ1v) is 6.32. The van der Waals surface area contributed by atoms with Gasteiger partial charge in [0.25, 0.3) is 5.69 Å². The molecule has 0 bridgehead atoms. The number of nitrogens with zero attached hydrogens (tertiary/aromatic N) is 3. The Morgan fingerprint density at radius 3 is 2.43 bits per heavy atom. The molecule has 0 aliphatic carbocycles. The summed E-state index contributed by atoms with van der Waals surface area (Å²) in [6, 6.07) is 8.63. The van der Waals surface area contributed by atoms with Crippen LogP contribution in [-0.2, 0) is 5.60 Å². The molecule has 7 heteroatoms. The third-order valence-corrected chi connectivity index (χ3v) is 3.55. The Bertz CT molecular complexity index is 667. The molecule has 1 saturated heterocycles. The lowest BCUT2D eigenvalue weighted by Crippen LogP contribution is -2.59. The number of halogens is 1. The lowest BCUT2D eigenvalue weighted by molar-refractivity contribution is -0.385. The molecule has 0 amide bonds. The van der Waals surface area contributed by atoms with Gasteiger partial charge in [-0.1, -0.05) is 12.1 Å². The smallest absolute Gasteiger partial charge is 0.287 e. The third kappa shape index (κ3) is 2.43. The van der Waals surface area contributed by atoms with Gasteiger partial charge in [-0.2, -0.15) is 0 Å². The van der Waals surface area contributed by atoms with Crippen LogP contribution in [0.15, 0.2) is 42.6 Å². The fourth-order valence-corrected chi connectivity index (χ4v) is 2.36.